The second-order valence-corrected chi connectivity index (χ2v) is 17.0. The standard InChI is InChI=1S/C25H28FN3O3.C19H18FNO3/c1-14-9-15(7-8-17(14)26)18-10-16(24(2,3)4)22-19(28-18)11-20(32-22)23(31)29-12-21(30)27-13-25(29,5)6;1-10-7-11(5-6-13(10)20)14-8-12(19(2,3)4)17-15(21-14)9-16(24-17)18(22)23/h7-11H,12-13H2,1-6H3,(H,27,30);5-9H,1-4H3,(H,22,23). The van der Waals surface area contributed by atoms with Gasteiger partial charge in [0.1, 0.15) is 29.2 Å². The van der Waals surface area contributed by atoms with Gasteiger partial charge in [0.2, 0.25) is 11.7 Å². The van der Waals surface area contributed by atoms with Crippen LogP contribution in [0.5, 0.6) is 0 Å². The molecule has 0 saturated carbocycles. The summed E-state index contributed by atoms with van der Waals surface area (Å²) in [4.78, 5) is 47.2. The van der Waals surface area contributed by atoms with Crippen molar-refractivity contribution in [3.63, 3.8) is 0 Å². The number of benzene rings is 2. The van der Waals surface area contributed by atoms with E-state index in [-0.39, 0.29) is 52.3 Å². The van der Waals surface area contributed by atoms with Gasteiger partial charge < -0.3 is 24.2 Å². The molecule has 292 valence electrons. The maximum atomic E-state index is 13.8. The van der Waals surface area contributed by atoms with E-state index in [4.69, 9.17) is 18.9 Å². The van der Waals surface area contributed by atoms with Gasteiger partial charge in [-0.3, -0.25) is 9.59 Å². The number of halogens is 2. The molecule has 1 fully saturated rings. The van der Waals surface area contributed by atoms with Gasteiger partial charge in [-0.25, -0.2) is 23.5 Å². The van der Waals surface area contributed by atoms with E-state index in [2.05, 4.69) is 31.1 Å². The van der Waals surface area contributed by atoms with Crippen molar-refractivity contribution in [1.29, 1.82) is 0 Å². The molecule has 12 heteroatoms. The third kappa shape index (κ3) is 7.91. The van der Waals surface area contributed by atoms with E-state index < -0.39 is 11.5 Å². The predicted molar refractivity (Wildman–Crippen MR) is 211 cm³/mol. The Morgan fingerprint density at radius 2 is 1.20 bits per heavy atom. The number of carbonyl (C=O) groups is 3. The van der Waals surface area contributed by atoms with Crippen molar-refractivity contribution >= 4 is 40.0 Å². The normalized spacial score (nSPS) is 14.4. The molecular formula is C44H46F2N4O6. The Labute approximate surface area is 323 Å². The predicted octanol–water partition coefficient (Wildman–Crippen LogP) is 9.53. The van der Waals surface area contributed by atoms with Crippen LogP contribution < -0.4 is 5.32 Å². The van der Waals surface area contributed by atoms with Gasteiger partial charge >= 0.3 is 5.97 Å². The van der Waals surface area contributed by atoms with Gasteiger partial charge in [0.15, 0.2) is 16.9 Å². The summed E-state index contributed by atoms with van der Waals surface area (Å²) in [5, 5.41) is 12.0. The molecule has 5 heterocycles. The van der Waals surface area contributed by atoms with Crippen molar-refractivity contribution in [1.82, 2.24) is 20.2 Å². The van der Waals surface area contributed by atoms with Crippen LogP contribution in [0.2, 0.25) is 0 Å². The lowest BCUT2D eigenvalue weighted by Gasteiger charge is -2.41. The van der Waals surface area contributed by atoms with E-state index in [1.54, 1.807) is 44.2 Å². The lowest BCUT2D eigenvalue weighted by Crippen LogP contribution is -2.62. The molecule has 7 rings (SSSR count). The van der Waals surface area contributed by atoms with Crippen molar-refractivity contribution < 1.29 is 37.1 Å². The Morgan fingerprint density at radius 3 is 1.62 bits per heavy atom. The molecule has 0 spiro atoms. The molecular weight excluding hydrogens is 719 g/mol. The number of hydrogen-bond donors (Lipinski definition) is 2. The SMILES string of the molecule is Cc1cc(-c2cc(C(C)(C)C)c3oc(C(=O)N4CC(=O)NCC4(C)C)cc3n2)ccc1F.Cc1cc(-c2cc(C(C)(C)C)c3oc(C(=O)O)cc3n2)ccc1F. The van der Waals surface area contributed by atoms with Gasteiger partial charge in [0, 0.05) is 40.9 Å². The summed E-state index contributed by atoms with van der Waals surface area (Å²) in [6, 6.07) is 16.6. The van der Waals surface area contributed by atoms with E-state index in [9.17, 15) is 23.2 Å². The second kappa shape index (κ2) is 14.3. The highest BCUT2D eigenvalue weighted by atomic mass is 19.1. The van der Waals surface area contributed by atoms with E-state index in [1.165, 1.54) is 23.1 Å². The Morgan fingerprint density at radius 1 is 0.750 bits per heavy atom. The Bertz CT molecular complexity index is 2540. The highest BCUT2D eigenvalue weighted by molar-refractivity contribution is 5.99. The number of aryl methyl sites for hydroxylation is 2. The molecule has 0 bridgehead atoms. The van der Waals surface area contributed by atoms with Gasteiger partial charge in [-0.2, -0.15) is 0 Å². The maximum absolute atomic E-state index is 13.8. The van der Waals surface area contributed by atoms with Crippen molar-refractivity contribution in [2.45, 2.75) is 85.6 Å². The van der Waals surface area contributed by atoms with Crippen LogP contribution in [0.4, 0.5) is 8.78 Å². The number of carboxylic acid groups (broad SMARTS) is 1. The number of piperazine rings is 1. The summed E-state index contributed by atoms with van der Waals surface area (Å²) in [6.45, 7) is 19.8. The Hall–Kier alpha value is -5.91. The van der Waals surface area contributed by atoms with Crippen LogP contribution in [0.1, 0.15) is 98.8 Å². The molecule has 0 atom stereocenters. The lowest BCUT2D eigenvalue weighted by atomic mass is 9.86. The number of carboxylic acids is 1. The third-order valence-electron chi connectivity index (χ3n) is 9.90. The summed E-state index contributed by atoms with van der Waals surface area (Å²) in [6.07, 6.45) is 0. The first kappa shape index (κ1) is 39.8. The van der Waals surface area contributed by atoms with Gasteiger partial charge in [-0.15, -0.1) is 0 Å². The van der Waals surface area contributed by atoms with Crippen LogP contribution in [0, 0.1) is 25.5 Å². The molecule has 1 aliphatic rings. The van der Waals surface area contributed by atoms with E-state index in [1.807, 2.05) is 46.8 Å². The number of fused-ring (bicyclic) bond motifs is 2. The van der Waals surface area contributed by atoms with Crippen LogP contribution in [-0.2, 0) is 15.6 Å². The number of furan rings is 2. The van der Waals surface area contributed by atoms with Crippen molar-refractivity contribution in [2.75, 3.05) is 13.1 Å². The zero-order valence-electron chi connectivity index (χ0n) is 33.3. The Kier molecular flexibility index (Phi) is 10.2. The van der Waals surface area contributed by atoms with Gasteiger partial charge in [0.05, 0.1) is 16.9 Å². The molecule has 0 unspecified atom stereocenters. The van der Waals surface area contributed by atoms with Crippen LogP contribution in [0.15, 0.2) is 69.5 Å². The quantitative estimate of drug-likeness (QED) is 0.181. The first-order valence-corrected chi connectivity index (χ1v) is 18.3. The summed E-state index contributed by atoms with van der Waals surface area (Å²) in [7, 11) is 0. The minimum atomic E-state index is -1.13. The number of hydrogen-bond acceptors (Lipinski definition) is 7. The molecule has 0 aliphatic carbocycles. The highest BCUT2D eigenvalue weighted by Gasteiger charge is 2.38. The first-order valence-electron chi connectivity index (χ1n) is 18.3. The average Bonchev–Trinajstić information content (AvgIpc) is 3.75. The minimum Gasteiger partial charge on any atom is -0.475 e. The van der Waals surface area contributed by atoms with Gasteiger partial charge in [-0.1, -0.05) is 41.5 Å². The number of nitrogens with zero attached hydrogens (tertiary/aromatic N) is 3. The molecule has 1 aliphatic heterocycles. The van der Waals surface area contributed by atoms with Gasteiger partial charge in [-0.05, 0) is 98.2 Å². The number of carbonyl (C=O) groups excluding carboxylic acids is 2. The topological polar surface area (TPSA) is 139 Å². The van der Waals surface area contributed by atoms with E-state index >= 15 is 0 Å². The van der Waals surface area contributed by atoms with Crippen LogP contribution in [-0.4, -0.2) is 56.4 Å². The molecule has 2 aromatic carbocycles. The number of aromatic nitrogens is 2. The van der Waals surface area contributed by atoms with Crippen molar-refractivity contribution in [3.05, 3.63) is 106 Å². The van der Waals surface area contributed by atoms with Crippen LogP contribution in [0.25, 0.3) is 44.7 Å². The molecule has 0 radical (unpaired) electrons. The van der Waals surface area contributed by atoms with Crippen molar-refractivity contribution in [3.8, 4) is 22.5 Å². The summed E-state index contributed by atoms with van der Waals surface area (Å²) >= 11 is 0. The molecule has 10 nitrogen and oxygen atoms in total. The average molecular weight is 765 g/mol. The molecule has 2 amide bonds. The zero-order chi connectivity index (χ0) is 41.1. The fourth-order valence-corrected chi connectivity index (χ4v) is 6.58. The fraction of sp³-hybridized carbons (Fsp3) is 0.341. The molecule has 1 saturated heterocycles. The highest BCUT2D eigenvalue weighted by Crippen LogP contribution is 2.37. The molecule has 2 N–H and O–H groups in total. The number of rotatable bonds is 4. The molecule has 56 heavy (non-hydrogen) atoms. The molecule has 6 aromatic rings. The number of nitrogens with one attached hydrogen (secondary N) is 1. The number of aromatic carboxylic acids is 1. The van der Waals surface area contributed by atoms with Crippen molar-refractivity contribution in [2.24, 2.45) is 0 Å². The second-order valence-electron chi connectivity index (χ2n) is 17.0. The largest absolute Gasteiger partial charge is 0.475 e. The van der Waals surface area contributed by atoms with Crippen LogP contribution >= 0.6 is 0 Å². The number of amides is 2. The van der Waals surface area contributed by atoms with E-state index in [0.29, 0.717) is 51.3 Å². The molecule has 4 aromatic heterocycles. The summed E-state index contributed by atoms with van der Waals surface area (Å²) in [5.41, 5.74) is 6.70. The van der Waals surface area contributed by atoms with Gasteiger partial charge in [0.25, 0.3) is 5.91 Å². The zero-order valence-corrected chi connectivity index (χ0v) is 33.3. The monoisotopic (exact) mass is 764 g/mol. The third-order valence-corrected chi connectivity index (χ3v) is 9.90. The maximum Gasteiger partial charge on any atom is 0.371 e. The number of pyridine rings is 2. The smallest absolute Gasteiger partial charge is 0.371 e. The summed E-state index contributed by atoms with van der Waals surface area (Å²) in [5.74, 6) is -2.21. The first-order chi connectivity index (χ1) is 26.0. The fourth-order valence-electron chi connectivity index (χ4n) is 6.58. The minimum absolute atomic E-state index is 0.0253. The Balaban J connectivity index is 0.000000198. The van der Waals surface area contributed by atoms with E-state index in [0.717, 1.165) is 22.3 Å². The van der Waals surface area contributed by atoms with Crippen LogP contribution in [0.3, 0.4) is 0 Å². The summed E-state index contributed by atoms with van der Waals surface area (Å²) < 4.78 is 38.9. The lowest BCUT2D eigenvalue weighted by molar-refractivity contribution is -0.126.